The molecule has 7 nitrogen and oxygen atoms in total. The summed E-state index contributed by atoms with van der Waals surface area (Å²) in [4.78, 5) is 0. The highest BCUT2D eigenvalue weighted by atomic mass is 32.3. The molecule has 0 amide bonds. The van der Waals surface area contributed by atoms with Crippen LogP contribution in [-0.2, 0) is 29.9 Å². The summed E-state index contributed by atoms with van der Waals surface area (Å²) >= 11 is 0. The van der Waals surface area contributed by atoms with Crippen molar-refractivity contribution in [1.29, 1.82) is 0 Å². The highest BCUT2D eigenvalue weighted by molar-refractivity contribution is 8.13. The van der Waals surface area contributed by atoms with Crippen molar-refractivity contribution in [1.82, 2.24) is 0 Å². The monoisotopic (exact) mass is 533 g/mol. The maximum atomic E-state index is 11.6. The Morgan fingerprint density at radius 3 is 1.23 bits per heavy atom. The third-order valence-electron chi connectivity index (χ3n) is 4.19. The minimum absolute atomic E-state index is 0.365. The van der Waals surface area contributed by atoms with E-state index in [1.165, 1.54) is 18.5 Å². The van der Waals surface area contributed by atoms with Crippen LogP contribution in [0.2, 0.25) is 0 Å². The maximum Gasteiger partial charge on any atom is 0.480 e. The summed E-state index contributed by atoms with van der Waals surface area (Å²) in [6, 6.07) is 0. The number of sulfonamides is 2. The molecule has 184 valence electrons. The predicted molar refractivity (Wildman–Crippen MR) is 106 cm³/mol. The van der Waals surface area contributed by atoms with Gasteiger partial charge in [0.1, 0.15) is 0 Å². The lowest BCUT2D eigenvalue weighted by atomic mass is 10.6. The van der Waals surface area contributed by atoms with Crippen LogP contribution in [0.3, 0.4) is 0 Å². The van der Waals surface area contributed by atoms with Crippen molar-refractivity contribution in [3.05, 3.63) is 4.13 Å². The van der Waals surface area contributed by atoms with Crippen LogP contribution in [-0.4, -0.2) is 72.4 Å². The first kappa shape index (κ1) is 32.0. The van der Waals surface area contributed by atoms with Gasteiger partial charge < -0.3 is 4.13 Å². The molecule has 0 aliphatic heterocycles. The Morgan fingerprint density at radius 1 is 0.667 bits per heavy atom. The predicted octanol–water partition coefficient (Wildman–Crippen LogP) is 3.95. The average Bonchev–Trinajstić information content (AvgIpc) is 2.54. The summed E-state index contributed by atoms with van der Waals surface area (Å²) in [6.07, 6.45) is 5.28. The van der Waals surface area contributed by atoms with Gasteiger partial charge in [0.2, 0.25) is 0 Å². The molecule has 0 fully saturated rings. The Balaban J connectivity index is 0. The topological polar surface area (TPSA) is 117 Å². The van der Waals surface area contributed by atoms with Crippen molar-refractivity contribution in [3.63, 3.8) is 0 Å². The third kappa shape index (κ3) is 10.4. The van der Waals surface area contributed by atoms with Crippen LogP contribution in [0, 0.1) is 0 Å². The zero-order chi connectivity index (χ0) is 24.7. The smallest absolute Gasteiger partial charge is 0.421 e. The fraction of sp³-hybridized carbons (Fsp3) is 1.00. The lowest BCUT2D eigenvalue weighted by molar-refractivity contribution is -0.0444. The summed E-state index contributed by atoms with van der Waals surface area (Å²) in [5.74, 6) is 0.786. The van der Waals surface area contributed by atoms with Gasteiger partial charge in [-0.15, -0.1) is 0 Å². The molecule has 0 aromatic carbocycles. The van der Waals surface area contributed by atoms with Gasteiger partial charge in [-0.25, -0.2) is 25.3 Å². The van der Waals surface area contributed by atoms with Crippen LogP contribution < -0.4 is 0 Å². The Labute approximate surface area is 174 Å². The average molecular weight is 534 g/mol. The van der Waals surface area contributed by atoms with Crippen LogP contribution in [0.15, 0.2) is 0 Å². The zero-order valence-corrected chi connectivity index (χ0v) is 20.1. The fourth-order valence-corrected chi connectivity index (χ4v) is 9.59. The number of nitrogens with zero attached hydrogens (tertiary/aromatic N) is 1. The molecule has 30 heavy (non-hydrogen) atoms. The number of hydrogen-bond donors (Lipinski definition) is 0. The molecule has 0 atom stereocenters. The van der Waals surface area contributed by atoms with Crippen molar-refractivity contribution < 1.29 is 51.6 Å². The van der Waals surface area contributed by atoms with Gasteiger partial charge >= 0.3 is 11.0 Å². The summed E-state index contributed by atoms with van der Waals surface area (Å²) in [5, 5.41) is 0. The quantitative estimate of drug-likeness (QED) is 0.310. The molecule has 0 saturated carbocycles. The van der Waals surface area contributed by atoms with Crippen molar-refractivity contribution in [2.24, 2.45) is 0 Å². The van der Waals surface area contributed by atoms with Gasteiger partial charge in [0.05, 0.1) is 36.2 Å². The molecular formula is C13H26F6NO6PS3. The van der Waals surface area contributed by atoms with Crippen LogP contribution >= 0.6 is 7.26 Å². The minimum Gasteiger partial charge on any atom is -0.421 e. The summed E-state index contributed by atoms with van der Waals surface area (Å²) < 4.78 is 132. The lowest BCUT2D eigenvalue weighted by Gasteiger charge is -2.23. The highest BCUT2D eigenvalue weighted by Gasteiger charge is 2.46. The van der Waals surface area contributed by atoms with E-state index in [1.54, 1.807) is 0 Å². The molecule has 0 aromatic heterocycles. The molecular weight excluding hydrogens is 507 g/mol. The zero-order valence-electron chi connectivity index (χ0n) is 16.8. The molecule has 0 aliphatic carbocycles. The fourth-order valence-electron chi connectivity index (χ4n) is 2.10. The molecule has 0 aliphatic rings. The van der Waals surface area contributed by atoms with E-state index in [2.05, 4.69) is 20.8 Å². The maximum absolute atomic E-state index is 11.6. The Bertz CT molecular complexity index is 783. The van der Waals surface area contributed by atoms with Crippen LogP contribution in [0.4, 0.5) is 26.3 Å². The van der Waals surface area contributed by atoms with E-state index in [0.29, 0.717) is 11.5 Å². The van der Waals surface area contributed by atoms with Gasteiger partial charge in [0.25, 0.3) is 0 Å². The first-order chi connectivity index (χ1) is 13.2. The first-order valence-electron chi connectivity index (χ1n) is 8.58. The van der Waals surface area contributed by atoms with E-state index in [1.807, 2.05) is 6.92 Å². The van der Waals surface area contributed by atoms with E-state index in [4.69, 9.17) is 0 Å². The molecule has 0 N–H and O–H groups in total. The molecule has 0 saturated heterocycles. The van der Waals surface area contributed by atoms with Crippen molar-refractivity contribution in [2.75, 3.05) is 36.2 Å². The molecule has 0 aromatic rings. The van der Waals surface area contributed by atoms with E-state index >= 15 is 0 Å². The summed E-state index contributed by atoms with van der Waals surface area (Å²) in [5.41, 5.74) is -12.4. The van der Waals surface area contributed by atoms with Gasteiger partial charge in [0, 0.05) is 7.26 Å². The first-order valence-corrected chi connectivity index (χ1v) is 15.8. The second-order valence-electron chi connectivity index (χ2n) is 6.08. The second-order valence-corrected chi connectivity index (χ2v) is 16.8. The van der Waals surface area contributed by atoms with Crippen molar-refractivity contribution in [2.45, 2.75) is 45.1 Å². The second kappa shape index (κ2) is 11.6. The Morgan fingerprint density at radius 2 is 1.00 bits per heavy atom. The van der Waals surface area contributed by atoms with Crippen molar-refractivity contribution in [3.8, 4) is 0 Å². The molecule has 0 spiro atoms. The van der Waals surface area contributed by atoms with Crippen molar-refractivity contribution >= 4 is 37.1 Å². The number of hydrogen-bond acceptors (Lipinski definition) is 6. The Kier molecular flexibility index (Phi) is 12.4. The van der Waals surface area contributed by atoms with Crippen LogP contribution in [0.25, 0.3) is 4.13 Å². The van der Waals surface area contributed by atoms with E-state index in [-0.39, 0.29) is 0 Å². The molecule has 0 rings (SSSR count). The lowest BCUT2D eigenvalue weighted by Crippen LogP contribution is -2.30. The molecule has 0 bridgehead atoms. The summed E-state index contributed by atoms with van der Waals surface area (Å²) in [7, 11) is -17.1. The number of rotatable bonds is 10. The molecule has 0 unspecified atom stereocenters. The standard InChI is InChI=1S/C11H26O2PS.C2F6NO4S2/c1-5-10-15(12,13)11-9-14(6-2,7-3)8-4;3-1(4,5)14(10,11)9-15(12,13)2(6,7)8/h5-11H2,1-4H3;/q+1;-1. The summed E-state index contributed by atoms with van der Waals surface area (Å²) in [6.45, 7) is 8.58. The van der Waals surface area contributed by atoms with E-state index < -0.39 is 48.2 Å². The van der Waals surface area contributed by atoms with Crippen LogP contribution in [0.5, 0.6) is 0 Å². The SMILES string of the molecule is CCCS(=O)(=O)CC[P+](CC)(CC)CC.O=S(=O)([N-]S(=O)(=O)C(F)(F)F)C(F)(F)F. The highest BCUT2D eigenvalue weighted by Crippen LogP contribution is 2.57. The van der Waals surface area contributed by atoms with Gasteiger partial charge in [-0.3, -0.25) is 0 Å². The normalized spacial score (nSPS) is 14.2. The molecule has 0 heterocycles. The van der Waals surface area contributed by atoms with Gasteiger partial charge in [-0.2, -0.15) is 26.3 Å². The minimum atomic E-state index is -6.72. The van der Waals surface area contributed by atoms with Gasteiger partial charge in [-0.1, -0.05) is 6.92 Å². The Hall–Kier alpha value is -0.180. The third-order valence-corrected chi connectivity index (χ3v) is 14.3. The molecule has 17 heteroatoms. The van der Waals surface area contributed by atoms with Gasteiger partial charge in [0.15, 0.2) is 29.9 Å². The van der Waals surface area contributed by atoms with Crippen LogP contribution in [0.1, 0.15) is 34.1 Å². The largest absolute Gasteiger partial charge is 0.480 e. The molecule has 0 radical (unpaired) electrons. The van der Waals surface area contributed by atoms with Gasteiger partial charge in [-0.05, 0) is 27.2 Å². The number of halogens is 6. The number of sulfone groups is 1. The van der Waals surface area contributed by atoms with E-state index in [0.717, 1.165) is 16.7 Å². The van der Waals surface area contributed by atoms with E-state index in [9.17, 15) is 51.6 Å². The number of alkyl halides is 6.